The molecule has 3 unspecified atom stereocenters. The first-order chi connectivity index (χ1) is 6.13. The van der Waals surface area contributed by atoms with Gasteiger partial charge in [-0.15, -0.1) is 0 Å². The molecule has 1 rings (SSSR count). The lowest BCUT2D eigenvalue weighted by Gasteiger charge is -2.20. The largest absolute Gasteiger partial charge is 0.317 e. The maximum Gasteiger partial charge on any atom is 0.00382 e. The van der Waals surface area contributed by atoms with Crippen molar-refractivity contribution in [2.24, 2.45) is 17.8 Å². The molecule has 1 fully saturated rings. The smallest absolute Gasteiger partial charge is 0.00382 e. The fourth-order valence-electron chi connectivity index (χ4n) is 2.31. The van der Waals surface area contributed by atoms with Crippen molar-refractivity contribution in [2.45, 2.75) is 52.5 Å². The van der Waals surface area contributed by atoms with E-state index in [0.29, 0.717) is 6.04 Å². The number of hydrogen-bond donors (Lipinski definition) is 1. The summed E-state index contributed by atoms with van der Waals surface area (Å²) in [5.74, 6) is 2.93. The van der Waals surface area contributed by atoms with Gasteiger partial charge in [0.2, 0.25) is 0 Å². The molecule has 13 heavy (non-hydrogen) atoms. The third-order valence-corrected chi connectivity index (χ3v) is 3.45. The summed E-state index contributed by atoms with van der Waals surface area (Å²) in [5.41, 5.74) is 0. The van der Waals surface area contributed by atoms with Crippen molar-refractivity contribution in [3.63, 3.8) is 0 Å². The molecule has 0 heterocycles. The zero-order chi connectivity index (χ0) is 9.84. The molecule has 0 aliphatic heterocycles. The standard InChI is InChI=1S/C12H25N/c1-9(8-11(3)13-4)7-10(2)12-5-6-12/h9-13H,5-8H2,1-4H3. The van der Waals surface area contributed by atoms with Crippen molar-refractivity contribution in [3.8, 4) is 0 Å². The predicted molar refractivity (Wildman–Crippen MR) is 58.8 cm³/mol. The second kappa shape index (κ2) is 4.99. The van der Waals surface area contributed by atoms with Crippen LogP contribution >= 0.6 is 0 Å². The van der Waals surface area contributed by atoms with E-state index in [4.69, 9.17) is 0 Å². The Morgan fingerprint density at radius 3 is 2.23 bits per heavy atom. The van der Waals surface area contributed by atoms with Crippen molar-refractivity contribution < 1.29 is 0 Å². The molecule has 1 nitrogen and oxygen atoms in total. The summed E-state index contributed by atoms with van der Waals surface area (Å²) in [7, 11) is 2.06. The molecule has 0 aromatic rings. The fourth-order valence-corrected chi connectivity index (χ4v) is 2.31. The maximum absolute atomic E-state index is 3.31. The Balaban J connectivity index is 2.11. The molecule has 1 saturated carbocycles. The van der Waals surface area contributed by atoms with Crippen molar-refractivity contribution in [1.29, 1.82) is 0 Å². The minimum atomic E-state index is 0.682. The quantitative estimate of drug-likeness (QED) is 0.667. The average Bonchev–Trinajstić information content (AvgIpc) is 2.85. The summed E-state index contributed by atoms with van der Waals surface area (Å²) >= 11 is 0. The second-order valence-corrected chi connectivity index (χ2v) is 5.08. The topological polar surface area (TPSA) is 12.0 Å². The minimum Gasteiger partial charge on any atom is -0.317 e. The van der Waals surface area contributed by atoms with E-state index in [1.54, 1.807) is 0 Å². The van der Waals surface area contributed by atoms with Crippen LogP contribution in [0.3, 0.4) is 0 Å². The molecule has 0 radical (unpaired) electrons. The normalized spacial score (nSPS) is 24.0. The molecule has 1 heteroatoms. The lowest BCUT2D eigenvalue weighted by atomic mass is 9.90. The zero-order valence-electron chi connectivity index (χ0n) is 9.64. The highest BCUT2D eigenvalue weighted by atomic mass is 14.8. The van der Waals surface area contributed by atoms with Crippen LogP contribution in [-0.4, -0.2) is 13.1 Å². The molecule has 0 spiro atoms. The van der Waals surface area contributed by atoms with Gasteiger partial charge in [0.25, 0.3) is 0 Å². The molecule has 0 aromatic carbocycles. The van der Waals surface area contributed by atoms with E-state index < -0.39 is 0 Å². The van der Waals surface area contributed by atoms with Gasteiger partial charge in [0, 0.05) is 6.04 Å². The van der Waals surface area contributed by atoms with Gasteiger partial charge in [-0.1, -0.05) is 13.8 Å². The Bertz CT molecular complexity index is 140. The summed E-state index contributed by atoms with van der Waals surface area (Å²) in [4.78, 5) is 0. The first kappa shape index (κ1) is 11.0. The Labute approximate surface area is 83.3 Å². The van der Waals surface area contributed by atoms with Gasteiger partial charge in [-0.3, -0.25) is 0 Å². The van der Waals surface area contributed by atoms with Gasteiger partial charge in [-0.2, -0.15) is 0 Å². The zero-order valence-corrected chi connectivity index (χ0v) is 9.64. The number of rotatable bonds is 6. The SMILES string of the molecule is CNC(C)CC(C)CC(C)C1CC1. The second-order valence-electron chi connectivity index (χ2n) is 5.08. The van der Waals surface area contributed by atoms with Crippen molar-refractivity contribution in [1.82, 2.24) is 5.32 Å². The van der Waals surface area contributed by atoms with Gasteiger partial charge in [-0.05, 0) is 57.4 Å². The van der Waals surface area contributed by atoms with Crippen LogP contribution in [0, 0.1) is 17.8 Å². The van der Waals surface area contributed by atoms with Crippen LogP contribution in [0.15, 0.2) is 0 Å². The van der Waals surface area contributed by atoms with Crippen LogP contribution in [0.4, 0.5) is 0 Å². The summed E-state index contributed by atoms with van der Waals surface area (Å²) in [6, 6.07) is 0.682. The first-order valence-electron chi connectivity index (χ1n) is 5.80. The van der Waals surface area contributed by atoms with Crippen LogP contribution in [0.1, 0.15) is 46.5 Å². The minimum absolute atomic E-state index is 0.682. The summed E-state index contributed by atoms with van der Waals surface area (Å²) in [5, 5.41) is 3.31. The Hall–Kier alpha value is -0.0400. The van der Waals surface area contributed by atoms with Gasteiger partial charge in [-0.25, -0.2) is 0 Å². The predicted octanol–water partition coefficient (Wildman–Crippen LogP) is 3.06. The van der Waals surface area contributed by atoms with Gasteiger partial charge < -0.3 is 5.32 Å². The van der Waals surface area contributed by atoms with Gasteiger partial charge in [0.15, 0.2) is 0 Å². The van der Waals surface area contributed by atoms with E-state index in [1.807, 2.05) is 0 Å². The molecule has 0 bridgehead atoms. The molecule has 78 valence electrons. The van der Waals surface area contributed by atoms with Gasteiger partial charge >= 0.3 is 0 Å². The van der Waals surface area contributed by atoms with Crippen molar-refractivity contribution in [3.05, 3.63) is 0 Å². The van der Waals surface area contributed by atoms with E-state index in [1.165, 1.54) is 25.7 Å². The Morgan fingerprint density at radius 1 is 1.15 bits per heavy atom. The van der Waals surface area contributed by atoms with E-state index in [0.717, 1.165) is 17.8 Å². The Kier molecular flexibility index (Phi) is 4.24. The van der Waals surface area contributed by atoms with Crippen molar-refractivity contribution in [2.75, 3.05) is 7.05 Å². The third-order valence-electron chi connectivity index (χ3n) is 3.45. The monoisotopic (exact) mass is 183 g/mol. The molecule has 3 atom stereocenters. The van der Waals surface area contributed by atoms with E-state index in [2.05, 4.69) is 33.1 Å². The molecule has 0 saturated heterocycles. The molecule has 1 aliphatic carbocycles. The first-order valence-corrected chi connectivity index (χ1v) is 5.80. The highest BCUT2D eigenvalue weighted by Gasteiger charge is 2.28. The molecular weight excluding hydrogens is 158 g/mol. The van der Waals surface area contributed by atoms with E-state index in [9.17, 15) is 0 Å². The summed E-state index contributed by atoms with van der Waals surface area (Å²) < 4.78 is 0. The number of nitrogens with one attached hydrogen (secondary N) is 1. The van der Waals surface area contributed by atoms with Crippen LogP contribution in [-0.2, 0) is 0 Å². The summed E-state index contributed by atoms with van der Waals surface area (Å²) in [6.07, 6.45) is 5.75. The molecule has 0 aromatic heterocycles. The highest BCUT2D eigenvalue weighted by Crippen LogP contribution is 2.39. The van der Waals surface area contributed by atoms with Gasteiger partial charge in [0.05, 0.1) is 0 Å². The van der Waals surface area contributed by atoms with E-state index in [-0.39, 0.29) is 0 Å². The third kappa shape index (κ3) is 4.12. The van der Waals surface area contributed by atoms with Crippen LogP contribution in [0.5, 0.6) is 0 Å². The van der Waals surface area contributed by atoms with Crippen LogP contribution < -0.4 is 5.32 Å². The number of hydrogen-bond acceptors (Lipinski definition) is 1. The molecule has 1 aliphatic rings. The highest BCUT2D eigenvalue weighted by molar-refractivity contribution is 4.80. The fraction of sp³-hybridized carbons (Fsp3) is 1.00. The Morgan fingerprint density at radius 2 is 1.77 bits per heavy atom. The van der Waals surface area contributed by atoms with Crippen LogP contribution in [0.2, 0.25) is 0 Å². The summed E-state index contributed by atoms with van der Waals surface area (Å²) in [6.45, 7) is 7.10. The maximum atomic E-state index is 3.31. The van der Waals surface area contributed by atoms with E-state index >= 15 is 0 Å². The molecule has 1 N–H and O–H groups in total. The lowest BCUT2D eigenvalue weighted by Crippen LogP contribution is -2.24. The average molecular weight is 183 g/mol. The molecule has 0 amide bonds. The van der Waals surface area contributed by atoms with Crippen molar-refractivity contribution >= 4 is 0 Å². The lowest BCUT2D eigenvalue weighted by molar-refractivity contribution is 0.338. The van der Waals surface area contributed by atoms with Crippen LogP contribution in [0.25, 0.3) is 0 Å². The molecular formula is C12H25N. The van der Waals surface area contributed by atoms with Gasteiger partial charge in [0.1, 0.15) is 0 Å².